The number of rotatable bonds is 3. The number of carbonyl (C=O) groups excluding carboxylic acids is 1. The van der Waals surface area contributed by atoms with Crippen LogP contribution in [0.5, 0.6) is 0 Å². The van der Waals surface area contributed by atoms with Crippen molar-refractivity contribution in [3.8, 4) is 5.69 Å². The lowest BCUT2D eigenvalue weighted by atomic mass is 10.0. The molecule has 3 aromatic rings. The molecule has 0 aliphatic heterocycles. The maximum Gasteiger partial charge on any atom is 0.416 e. The number of amides is 1. The zero-order valence-corrected chi connectivity index (χ0v) is 12.8. The molecular weight excluding hydrogens is 336 g/mol. The van der Waals surface area contributed by atoms with Crippen molar-refractivity contribution in [3.05, 3.63) is 72.2 Å². The molecule has 0 bridgehead atoms. The molecule has 3 rings (SSSR count). The molecule has 2 aromatic carbocycles. The summed E-state index contributed by atoms with van der Waals surface area (Å²) < 4.78 is 53.8. The van der Waals surface area contributed by atoms with Gasteiger partial charge in [-0.05, 0) is 42.5 Å². The fourth-order valence-corrected chi connectivity index (χ4v) is 2.56. The number of hydrogen-bond donors (Lipinski definition) is 1. The van der Waals surface area contributed by atoms with Crippen molar-refractivity contribution >= 4 is 22.4 Å². The van der Waals surface area contributed by atoms with Crippen molar-refractivity contribution < 1.29 is 22.4 Å². The van der Waals surface area contributed by atoms with E-state index in [9.17, 15) is 22.4 Å². The van der Waals surface area contributed by atoms with E-state index in [1.807, 2.05) is 0 Å². The summed E-state index contributed by atoms with van der Waals surface area (Å²) in [6.07, 6.45) is -2.82. The van der Waals surface area contributed by atoms with E-state index in [0.717, 1.165) is 12.1 Å². The van der Waals surface area contributed by atoms with Crippen LogP contribution in [0.1, 0.15) is 11.1 Å². The van der Waals surface area contributed by atoms with Gasteiger partial charge in [0.25, 0.3) is 0 Å². The summed E-state index contributed by atoms with van der Waals surface area (Å²) in [5, 5.41) is 0.596. The molecule has 3 nitrogen and oxygen atoms in total. The van der Waals surface area contributed by atoms with E-state index in [0.29, 0.717) is 16.6 Å². The van der Waals surface area contributed by atoms with E-state index in [-0.39, 0.29) is 11.1 Å². The first-order valence-corrected chi connectivity index (χ1v) is 7.16. The molecule has 128 valence electrons. The minimum atomic E-state index is -4.42. The lowest BCUT2D eigenvalue weighted by molar-refractivity contribution is -0.137. The summed E-state index contributed by atoms with van der Waals surface area (Å²) in [6, 6.07) is 8.80. The van der Waals surface area contributed by atoms with Crippen LogP contribution in [-0.2, 0) is 11.0 Å². The largest absolute Gasteiger partial charge is 0.416 e. The molecule has 0 spiro atoms. The van der Waals surface area contributed by atoms with Gasteiger partial charge in [0.15, 0.2) is 0 Å². The van der Waals surface area contributed by atoms with Crippen molar-refractivity contribution in [2.45, 2.75) is 6.18 Å². The Kier molecular flexibility index (Phi) is 3.87. The number of nitrogens with zero attached hydrogens (tertiary/aromatic N) is 1. The normalized spacial score (nSPS) is 11.7. The zero-order valence-electron chi connectivity index (χ0n) is 12.8. The average molecular weight is 348 g/mol. The molecule has 0 radical (unpaired) electrons. The second kappa shape index (κ2) is 5.77. The van der Waals surface area contributed by atoms with E-state index in [2.05, 4.69) is 6.58 Å². The molecule has 0 saturated heterocycles. The Morgan fingerprint density at radius 3 is 2.28 bits per heavy atom. The maximum atomic E-state index is 14.3. The predicted molar refractivity (Wildman–Crippen MR) is 86.5 cm³/mol. The van der Waals surface area contributed by atoms with Crippen LogP contribution in [0.15, 0.2) is 55.2 Å². The quantitative estimate of drug-likeness (QED) is 0.557. The Labute approximate surface area is 140 Å². The predicted octanol–water partition coefficient (Wildman–Crippen LogP) is 4.29. The van der Waals surface area contributed by atoms with Crippen LogP contribution in [0.25, 0.3) is 22.2 Å². The number of nitrogens with two attached hydrogens (primary N) is 1. The van der Waals surface area contributed by atoms with Gasteiger partial charge in [0.2, 0.25) is 5.91 Å². The van der Waals surface area contributed by atoms with Gasteiger partial charge in [-0.2, -0.15) is 13.2 Å². The first-order chi connectivity index (χ1) is 11.7. The molecule has 1 aromatic heterocycles. The van der Waals surface area contributed by atoms with E-state index in [1.165, 1.54) is 24.3 Å². The van der Waals surface area contributed by atoms with Crippen molar-refractivity contribution in [1.82, 2.24) is 4.57 Å². The lowest BCUT2D eigenvalue weighted by Gasteiger charge is -2.10. The summed E-state index contributed by atoms with van der Waals surface area (Å²) in [5.41, 5.74) is 5.09. The molecule has 0 aliphatic rings. The number of alkyl halides is 3. The van der Waals surface area contributed by atoms with Crippen molar-refractivity contribution in [1.29, 1.82) is 0 Å². The number of fused-ring (bicyclic) bond motifs is 1. The molecule has 1 heterocycles. The van der Waals surface area contributed by atoms with Gasteiger partial charge in [-0.25, -0.2) is 4.39 Å². The summed E-state index contributed by atoms with van der Waals surface area (Å²) >= 11 is 0. The van der Waals surface area contributed by atoms with E-state index in [1.54, 1.807) is 16.8 Å². The number of primary amides is 1. The summed E-state index contributed by atoms with van der Waals surface area (Å²) in [7, 11) is 0. The zero-order chi connectivity index (χ0) is 18.4. The summed E-state index contributed by atoms with van der Waals surface area (Å²) in [5.74, 6) is -1.52. The highest BCUT2D eigenvalue weighted by atomic mass is 19.4. The van der Waals surface area contributed by atoms with E-state index >= 15 is 0 Å². The standard InChI is InChI=1S/C18H12F4N2O/c1-10(17(23)25)14-8-11-6-7-24(16(11)9-15(14)19)13-4-2-12(3-5-13)18(20,21)22/h2-9H,1H2,(H2,23,25). The minimum Gasteiger partial charge on any atom is -0.366 e. The molecule has 25 heavy (non-hydrogen) atoms. The Morgan fingerprint density at radius 2 is 1.72 bits per heavy atom. The molecule has 0 unspecified atom stereocenters. The Bertz CT molecular complexity index is 985. The number of halogens is 4. The van der Waals surface area contributed by atoms with E-state index < -0.39 is 23.5 Å². The van der Waals surface area contributed by atoms with Crippen LogP contribution in [-0.4, -0.2) is 10.5 Å². The SMILES string of the molecule is C=C(C(N)=O)c1cc2ccn(-c3ccc(C(F)(F)F)cc3)c2cc1F. The third kappa shape index (κ3) is 3.00. The minimum absolute atomic E-state index is 0.00910. The number of hydrogen-bond acceptors (Lipinski definition) is 1. The Morgan fingerprint density at radius 1 is 1.08 bits per heavy atom. The lowest BCUT2D eigenvalue weighted by Crippen LogP contribution is -2.13. The van der Waals surface area contributed by atoms with Gasteiger partial charge < -0.3 is 10.3 Å². The number of aromatic nitrogens is 1. The Hall–Kier alpha value is -3.09. The van der Waals surface area contributed by atoms with Gasteiger partial charge in [-0.1, -0.05) is 6.58 Å². The number of carbonyl (C=O) groups is 1. The van der Waals surface area contributed by atoms with Gasteiger partial charge in [-0.3, -0.25) is 4.79 Å². The van der Waals surface area contributed by atoms with Gasteiger partial charge in [0.05, 0.1) is 11.1 Å². The van der Waals surface area contributed by atoms with Crippen LogP contribution in [0.4, 0.5) is 17.6 Å². The van der Waals surface area contributed by atoms with Crippen molar-refractivity contribution in [2.24, 2.45) is 5.73 Å². The first-order valence-electron chi connectivity index (χ1n) is 7.16. The first kappa shape index (κ1) is 16.8. The third-order valence-electron chi connectivity index (χ3n) is 3.87. The van der Waals surface area contributed by atoms with Crippen molar-refractivity contribution in [2.75, 3.05) is 0 Å². The van der Waals surface area contributed by atoms with Gasteiger partial charge in [-0.15, -0.1) is 0 Å². The van der Waals surface area contributed by atoms with Gasteiger partial charge >= 0.3 is 6.18 Å². The average Bonchev–Trinajstić information content (AvgIpc) is 2.95. The van der Waals surface area contributed by atoms with Crippen LogP contribution in [0.3, 0.4) is 0 Å². The van der Waals surface area contributed by atoms with Crippen molar-refractivity contribution in [3.63, 3.8) is 0 Å². The number of benzene rings is 2. The summed E-state index contributed by atoms with van der Waals surface area (Å²) in [4.78, 5) is 11.2. The highest BCUT2D eigenvalue weighted by Gasteiger charge is 2.30. The van der Waals surface area contributed by atoms with Gasteiger partial charge in [0, 0.05) is 28.4 Å². The topological polar surface area (TPSA) is 48.0 Å². The van der Waals surface area contributed by atoms with Crippen LogP contribution >= 0.6 is 0 Å². The molecular formula is C18H12F4N2O. The molecule has 0 fully saturated rings. The summed E-state index contributed by atoms with van der Waals surface area (Å²) in [6.45, 7) is 3.46. The Balaban J connectivity index is 2.08. The second-order valence-electron chi connectivity index (χ2n) is 5.46. The monoisotopic (exact) mass is 348 g/mol. The fourth-order valence-electron chi connectivity index (χ4n) is 2.56. The van der Waals surface area contributed by atoms with Gasteiger partial charge in [0.1, 0.15) is 5.82 Å². The fraction of sp³-hybridized carbons (Fsp3) is 0.0556. The molecule has 7 heteroatoms. The maximum absolute atomic E-state index is 14.3. The van der Waals surface area contributed by atoms with Crippen LogP contribution in [0.2, 0.25) is 0 Å². The van der Waals surface area contributed by atoms with Crippen LogP contribution < -0.4 is 5.73 Å². The molecule has 0 saturated carbocycles. The second-order valence-corrected chi connectivity index (χ2v) is 5.46. The molecule has 0 aliphatic carbocycles. The molecule has 0 atom stereocenters. The van der Waals surface area contributed by atoms with Crippen LogP contribution in [0, 0.1) is 5.82 Å². The molecule has 1 amide bonds. The highest BCUT2D eigenvalue weighted by molar-refractivity contribution is 6.18. The smallest absolute Gasteiger partial charge is 0.366 e. The van der Waals surface area contributed by atoms with E-state index in [4.69, 9.17) is 5.73 Å². The molecule has 2 N–H and O–H groups in total. The highest BCUT2D eigenvalue weighted by Crippen LogP contribution is 2.31. The third-order valence-corrected chi connectivity index (χ3v) is 3.87.